The molecule has 0 radical (unpaired) electrons. The lowest BCUT2D eigenvalue weighted by Crippen LogP contribution is -2.51. The third-order valence-electron chi connectivity index (χ3n) is 4.74. The van der Waals surface area contributed by atoms with Gasteiger partial charge in [0.25, 0.3) is 5.91 Å². The number of carbonyl (C=O) groups excluding carboxylic acids is 2. The Balaban J connectivity index is 1.43. The summed E-state index contributed by atoms with van der Waals surface area (Å²) in [6.07, 6.45) is 0. The second-order valence-corrected chi connectivity index (χ2v) is 8.50. The van der Waals surface area contributed by atoms with Crippen molar-refractivity contribution in [3.8, 4) is 0 Å². The SMILES string of the molecule is CC(C)CNC(=O)CN1CCN(C(=O)c2csc(NCc3ccccc3)n2)CC1. The molecule has 0 saturated carbocycles. The Morgan fingerprint density at radius 1 is 1.14 bits per heavy atom. The molecule has 0 unspecified atom stereocenters. The van der Waals surface area contributed by atoms with Crippen LogP contribution in [-0.2, 0) is 11.3 Å². The average molecular weight is 416 g/mol. The van der Waals surface area contributed by atoms with Crippen LogP contribution in [0.3, 0.4) is 0 Å². The minimum absolute atomic E-state index is 0.0436. The molecule has 1 aliphatic rings. The lowest BCUT2D eigenvalue weighted by Gasteiger charge is -2.34. The van der Waals surface area contributed by atoms with E-state index >= 15 is 0 Å². The summed E-state index contributed by atoms with van der Waals surface area (Å²) in [5.74, 6) is 0.448. The van der Waals surface area contributed by atoms with Gasteiger partial charge >= 0.3 is 0 Å². The summed E-state index contributed by atoms with van der Waals surface area (Å²) < 4.78 is 0. The van der Waals surface area contributed by atoms with E-state index < -0.39 is 0 Å². The summed E-state index contributed by atoms with van der Waals surface area (Å²) in [6.45, 7) is 8.53. The number of nitrogens with zero attached hydrogens (tertiary/aromatic N) is 3. The van der Waals surface area contributed by atoms with Crippen molar-refractivity contribution < 1.29 is 9.59 Å². The minimum atomic E-state index is -0.0436. The Morgan fingerprint density at radius 3 is 2.55 bits per heavy atom. The van der Waals surface area contributed by atoms with Crippen molar-refractivity contribution in [3.63, 3.8) is 0 Å². The number of hydrogen-bond donors (Lipinski definition) is 2. The molecule has 2 N–H and O–H groups in total. The van der Waals surface area contributed by atoms with Gasteiger partial charge in [0.2, 0.25) is 5.91 Å². The van der Waals surface area contributed by atoms with E-state index in [4.69, 9.17) is 0 Å². The van der Waals surface area contributed by atoms with Gasteiger partial charge in [-0.1, -0.05) is 44.2 Å². The number of carbonyl (C=O) groups is 2. The fourth-order valence-electron chi connectivity index (χ4n) is 3.07. The van der Waals surface area contributed by atoms with E-state index in [2.05, 4.69) is 46.5 Å². The van der Waals surface area contributed by atoms with Crippen molar-refractivity contribution in [2.75, 3.05) is 44.6 Å². The van der Waals surface area contributed by atoms with Crippen LogP contribution in [0.4, 0.5) is 5.13 Å². The largest absolute Gasteiger partial charge is 0.357 e. The number of nitrogens with one attached hydrogen (secondary N) is 2. The molecule has 0 bridgehead atoms. The molecule has 1 aromatic carbocycles. The van der Waals surface area contributed by atoms with Crippen LogP contribution in [0.25, 0.3) is 0 Å². The lowest BCUT2D eigenvalue weighted by atomic mass is 10.2. The molecule has 7 nitrogen and oxygen atoms in total. The lowest BCUT2D eigenvalue weighted by molar-refractivity contribution is -0.122. The maximum atomic E-state index is 12.7. The zero-order chi connectivity index (χ0) is 20.6. The molecule has 1 saturated heterocycles. The topological polar surface area (TPSA) is 77.6 Å². The zero-order valence-corrected chi connectivity index (χ0v) is 17.9. The highest BCUT2D eigenvalue weighted by Crippen LogP contribution is 2.18. The van der Waals surface area contributed by atoms with Gasteiger partial charge in [0, 0.05) is 44.6 Å². The molecule has 29 heavy (non-hydrogen) atoms. The summed E-state index contributed by atoms with van der Waals surface area (Å²) in [4.78, 5) is 33.1. The van der Waals surface area contributed by atoms with Crippen LogP contribution in [0.1, 0.15) is 29.9 Å². The summed E-state index contributed by atoms with van der Waals surface area (Å²) >= 11 is 1.44. The third kappa shape index (κ3) is 6.54. The first-order chi connectivity index (χ1) is 14.0. The monoisotopic (exact) mass is 415 g/mol. The summed E-state index contributed by atoms with van der Waals surface area (Å²) in [5.41, 5.74) is 1.65. The highest BCUT2D eigenvalue weighted by atomic mass is 32.1. The van der Waals surface area contributed by atoms with Crippen molar-refractivity contribution in [2.45, 2.75) is 20.4 Å². The first-order valence-corrected chi connectivity index (χ1v) is 10.9. The molecule has 0 spiro atoms. The Labute approximate surface area is 176 Å². The first kappa shape index (κ1) is 21.3. The number of rotatable bonds is 8. The fraction of sp³-hybridized carbons (Fsp3) is 0.476. The van der Waals surface area contributed by atoms with Crippen molar-refractivity contribution in [3.05, 3.63) is 47.0 Å². The van der Waals surface area contributed by atoms with Gasteiger partial charge in [-0.2, -0.15) is 0 Å². The number of thiazole rings is 1. The minimum Gasteiger partial charge on any atom is -0.357 e. The quantitative estimate of drug-likeness (QED) is 0.692. The Hall–Kier alpha value is -2.45. The maximum absolute atomic E-state index is 12.7. The van der Waals surface area contributed by atoms with E-state index in [1.165, 1.54) is 16.9 Å². The second kappa shape index (κ2) is 10.4. The van der Waals surface area contributed by atoms with Crippen molar-refractivity contribution >= 4 is 28.3 Å². The van der Waals surface area contributed by atoms with E-state index in [1.807, 2.05) is 23.1 Å². The van der Waals surface area contributed by atoms with Gasteiger partial charge in [-0.15, -0.1) is 11.3 Å². The predicted molar refractivity (Wildman–Crippen MR) is 116 cm³/mol. The molecule has 1 aromatic heterocycles. The van der Waals surface area contributed by atoms with Crippen molar-refractivity contribution in [2.24, 2.45) is 5.92 Å². The van der Waals surface area contributed by atoms with Crippen LogP contribution in [0.5, 0.6) is 0 Å². The second-order valence-electron chi connectivity index (χ2n) is 7.64. The molecule has 156 valence electrons. The molecule has 8 heteroatoms. The summed E-state index contributed by atoms with van der Waals surface area (Å²) in [6, 6.07) is 10.1. The van der Waals surface area contributed by atoms with Gasteiger partial charge in [-0.05, 0) is 11.5 Å². The Bertz CT molecular complexity index is 800. The van der Waals surface area contributed by atoms with E-state index in [1.54, 1.807) is 5.38 Å². The van der Waals surface area contributed by atoms with Gasteiger partial charge in [0.15, 0.2) is 5.13 Å². The standard InChI is InChI=1S/C21H29N5O2S/c1-16(2)12-22-19(27)14-25-8-10-26(11-9-25)20(28)18-15-29-21(24-18)23-13-17-6-4-3-5-7-17/h3-7,15-16H,8-14H2,1-2H3,(H,22,27)(H,23,24). The number of hydrogen-bond acceptors (Lipinski definition) is 6. The smallest absolute Gasteiger partial charge is 0.273 e. The number of benzene rings is 1. The van der Waals surface area contributed by atoms with Gasteiger partial charge in [-0.3, -0.25) is 14.5 Å². The van der Waals surface area contributed by atoms with Crippen molar-refractivity contribution in [1.82, 2.24) is 20.1 Å². The number of piperazine rings is 1. The Morgan fingerprint density at radius 2 is 1.86 bits per heavy atom. The Kier molecular flexibility index (Phi) is 7.60. The highest BCUT2D eigenvalue weighted by molar-refractivity contribution is 7.13. The van der Waals surface area contributed by atoms with Gasteiger partial charge in [-0.25, -0.2) is 4.98 Å². The number of aromatic nitrogens is 1. The molecule has 1 fully saturated rings. The molecule has 1 aliphatic heterocycles. The molecule has 2 aromatic rings. The van der Waals surface area contributed by atoms with Crippen LogP contribution < -0.4 is 10.6 Å². The summed E-state index contributed by atoms with van der Waals surface area (Å²) in [5, 5.41) is 8.77. The number of anilines is 1. The molecular weight excluding hydrogens is 386 g/mol. The van der Waals surface area contributed by atoms with E-state index in [9.17, 15) is 9.59 Å². The highest BCUT2D eigenvalue weighted by Gasteiger charge is 2.24. The third-order valence-corrected chi connectivity index (χ3v) is 5.54. The van der Waals surface area contributed by atoms with Crippen LogP contribution in [0, 0.1) is 5.92 Å². The molecule has 0 aliphatic carbocycles. The molecule has 2 heterocycles. The van der Waals surface area contributed by atoms with E-state index in [-0.39, 0.29) is 11.8 Å². The van der Waals surface area contributed by atoms with Crippen LogP contribution in [-0.4, -0.2) is 65.9 Å². The molecular formula is C21H29N5O2S. The van der Waals surface area contributed by atoms with Crippen molar-refractivity contribution in [1.29, 1.82) is 0 Å². The fourth-order valence-corrected chi connectivity index (χ4v) is 3.76. The van der Waals surface area contributed by atoms with Crippen LogP contribution in [0.2, 0.25) is 0 Å². The number of amides is 2. The van der Waals surface area contributed by atoms with E-state index in [0.717, 1.165) is 5.13 Å². The molecule has 2 amide bonds. The average Bonchev–Trinajstić information content (AvgIpc) is 3.21. The van der Waals surface area contributed by atoms with Gasteiger partial charge < -0.3 is 15.5 Å². The van der Waals surface area contributed by atoms with Gasteiger partial charge in [0.05, 0.1) is 6.54 Å². The normalized spacial score (nSPS) is 14.8. The van der Waals surface area contributed by atoms with Crippen LogP contribution in [0.15, 0.2) is 35.7 Å². The van der Waals surface area contributed by atoms with Crippen LogP contribution >= 0.6 is 11.3 Å². The maximum Gasteiger partial charge on any atom is 0.273 e. The van der Waals surface area contributed by atoms with E-state index in [0.29, 0.717) is 57.4 Å². The molecule has 0 atom stereocenters. The predicted octanol–water partition coefficient (Wildman–Crippen LogP) is 2.29. The first-order valence-electron chi connectivity index (χ1n) is 10.0. The summed E-state index contributed by atoms with van der Waals surface area (Å²) in [7, 11) is 0. The van der Waals surface area contributed by atoms with Gasteiger partial charge in [0.1, 0.15) is 5.69 Å². The zero-order valence-electron chi connectivity index (χ0n) is 17.1. The molecule has 3 rings (SSSR count).